The number of H-pyrrole nitrogens is 1. The zero-order valence-electron chi connectivity index (χ0n) is 16.0. The molecule has 1 amide bonds. The largest absolute Gasteiger partial charge is 0.349 e. The van der Waals surface area contributed by atoms with Crippen LogP contribution in [0, 0.1) is 0 Å². The lowest BCUT2D eigenvalue weighted by Crippen LogP contribution is -2.28. The minimum Gasteiger partial charge on any atom is -0.349 e. The molecule has 0 saturated heterocycles. The summed E-state index contributed by atoms with van der Waals surface area (Å²) in [5.74, 6) is -0.0286. The standard InChI is InChI=1S/C21H18ClN5O2S/c1-13(14-6-3-2-4-7-14)24-18(28)12-30-21-25-19-17(20(29)26-21)11-23-27(19)16-9-5-8-15(22)10-16/h2-11,13H,12H2,1H3,(H,24,28)(H,25,26,29)/t13-/m0/s1. The molecular formula is C21H18ClN5O2S. The Hall–Kier alpha value is -3.10. The van der Waals surface area contributed by atoms with Crippen LogP contribution in [0.4, 0.5) is 0 Å². The van der Waals surface area contributed by atoms with Crippen LogP contribution in [0.5, 0.6) is 0 Å². The SMILES string of the molecule is C[C@H](NC(=O)CSc1nc2c(cnn2-c2cccc(Cl)c2)c(=O)[nH]1)c1ccccc1. The fourth-order valence-corrected chi connectivity index (χ4v) is 3.86. The summed E-state index contributed by atoms with van der Waals surface area (Å²) in [6.07, 6.45) is 1.46. The quantitative estimate of drug-likeness (QED) is 0.352. The van der Waals surface area contributed by atoms with Gasteiger partial charge in [0.25, 0.3) is 5.56 Å². The lowest BCUT2D eigenvalue weighted by molar-refractivity contribution is -0.119. The molecule has 0 spiro atoms. The Labute approximate surface area is 181 Å². The van der Waals surface area contributed by atoms with E-state index in [1.807, 2.05) is 43.3 Å². The summed E-state index contributed by atoms with van der Waals surface area (Å²) in [5, 5.41) is 8.47. The van der Waals surface area contributed by atoms with Crippen molar-refractivity contribution in [3.05, 3.63) is 81.7 Å². The fourth-order valence-electron chi connectivity index (χ4n) is 3.01. The van der Waals surface area contributed by atoms with Crippen LogP contribution in [-0.2, 0) is 4.79 Å². The second-order valence-corrected chi connectivity index (χ2v) is 8.03. The third-order valence-corrected chi connectivity index (χ3v) is 5.59. The number of halogens is 1. The van der Waals surface area contributed by atoms with Gasteiger partial charge in [0.15, 0.2) is 10.8 Å². The Bertz CT molecular complexity index is 1260. The first-order chi connectivity index (χ1) is 14.5. The summed E-state index contributed by atoms with van der Waals surface area (Å²) in [4.78, 5) is 32.0. The molecule has 0 aliphatic rings. The Balaban J connectivity index is 1.51. The van der Waals surface area contributed by atoms with Gasteiger partial charge in [-0.25, -0.2) is 9.67 Å². The number of hydrogen-bond acceptors (Lipinski definition) is 5. The highest BCUT2D eigenvalue weighted by molar-refractivity contribution is 7.99. The molecule has 0 bridgehead atoms. The van der Waals surface area contributed by atoms with E-state index in [0.717, 1.165) is 17.3 Å². The predicted molar refractivity (Wildman–Crippen MR) is 118 cm³/mol. The molecule has 7 nitrogen and oxygen atoms in total. The first-order valence-corrected chi connectivity index (χ1v) is 10.6. The van der Waals surface area contributed by atoms with E-state index in [0.29, 0.717) is 26.9 Å². The number of rotatable bonds is 6. The first-order valence-electron chi connectivity index (χ1n) is 9.22. The molecule has 2 heterocycles. The second-order valence-electron chi connectivity index (χ2n) is 6.63. The van der Waals surface area contributed by atoms with E-state index in [9.17, 15) is 9.59 Å². The number of thioether (sulfide) groups is 1. The second kappa shape index (κ2) is 8.73. The molecule has 2 aromatic heterocycles. The van der Waals surface area contributed by atoms with Gasteiger partial charge in [-0.1, -0.05) is 59.8 Å². The van der Waals surface area contributed by atoms with Gasteiger partial charge in [-0.3, -0.25) is 9.59 Å². The molecule has 0 fully saturated rings. The third-order valence-electron chi connectivity index (χ3n) is 4.49. The average Bonchev–Trinajstić information content (AvgIpc) is 3.17. The Morgan fingerprint density at radius 1 is 1.23 bits per heavy atom. The summed E-state index contributed by atoms with van der Waals surface area (Å²) in [6, 6.07) is 16.7. The van der Waals surface area contributed by atoms with Gasteiger partial charge in [-0.05, 0) is 30.7 Å². The monoisotopic (exact) mass is 439 g/mol. The van der Waals surface area contributed by atoms with Gasteiger partial charge >= 0.3 is 0 Å². The smallest absolute Gasteiger partial charge is 0.262 e. The lowest BCUT2D eigenvalue weighted by Gasteiger charge is -2.13. The molecule has 4 aromatic rings. The number of hydrogen-bond donors (Lipinski definition) is 2. The fraction of sp³-hybridized carbons (Fsp3) is 0.143. The van der Waals surface area contributed by atoms with Crippen LogP contribution in [0.25, 0.3) is 16.7 Å². The van der Waals surface area contributed by atoms with Crippen molar-refractivity contribution in [1.29, 1.82) is 0 Å². The van der Waals surface area contributed by atoms with Crippen LogP contribution in [-0.4, -0.2) is 31.4 Å². The van der Waals surface area contributed by atoms with Crippen molar-refractivity contribution in [2.45, 2.75) is 18.1 Å². The van der Waals surface area contributed by atoms with Gasteiger partial charge in [0.2, 0.25) is 5.91 Å². The molecule has 2 aromatic carbocycles. The maximum Gasteiger partial charge on any atom is 0.262 e. The zero-order valence-corrected chi connectivity index (χ0v) is 17.6. The van der Waals surface area contributed by atoms with Crippen molar-refractivity contribution >= 4 is 40.3 Å². The summed E-state index contributed by atoms with van der Waals surface area (Å²) in [6.45, 7) is 1.92. The van der Waals surface area contributed by atoms with Crippen molar-refractivity contribution in [3.63, 3.8) is 0 Å². The molecule has 9 heteroatoms. The molecule has 2 N–H and O–H groups in total. The normalized spacial score (nSPS) is 12.1. The molecule has 0 saturated carbocycles. The number of aromatic amines is 1. The van der Waals surface area contributed by atoms with Crippen LogP contribution in [0.2, 0.25) is 5.02 Å². The zero-order chi connectivity index (χ0) is 21.1. The molecule has 0 unspecified atom stereocenters. The number of carbonyl (C=O) groups excluding carboxylic acids is 1. The Morgan fingerprint density at radius 2 is 2.03 bits per heavy atom. The average molecular weight is 440 g/mol. The molecule has 30 heavy (non-hydrogen) atoms. The molecular weight excluding hydrogens is 422 g/mol. The number of aromatic nitrogens is 4. The van der Waals surface area contributed by atoms with Crippen molar-refractivity contribution < 1.29 is 4.79 Å². The van der Waals surface area contributed by atoms with Gasteiger partial charge < -0.3 is 10.3 Å². The molecule has 4 rings (SSSR count). The number of benzene rings is 2. The van der Waals surface area contributed by atoms with Crippen LogP contribution >= 0.6 is 23.4 Å². The number of amides is 1. The lowest BCUT2D eigenvalue weighted by atomic mass is 10.1. The minimum absolute atomic E-state index is 0.113. The maximum absolute atomic E-state index is 12.4. The topological polar surface area (TPSA) is 92.7 Å². The van der Waals surface area contributed by atoms with E-state index in [4.69, 9.17) is 11.6 Å². The van der Waals surface area contributed by atoms with Gasteiger partial charge in [0, 0.05) is 5.02 Å². The van der Waals surface area contributed by atoms with Crippen molar-refractivity contribution in [2.24, 2.45) is 0 Å². The van der Waals surface area contributed by atoms with Crippen LogP contribution in [0.15, 0.2) is 70.7 Å². The molecule has 0 radical (unpaired) electrons. The number of fused-ring (bicyclic) bond motifs is 1. The highest BCUT2D eigenvalue weighted by Gasteiger charge is 2.14. The van der Waals surface area contributed by atoms with E-state index >= 15 is 0 Å². The van der Waals surface area contributed by atoms with Gasteiger partial charge in [0.1, 0.15) is 5.39 Å². The minimum atomic E-state index is -0.311. The van der Waals surface area contributed by atoms with Gasteiger partial charge in [-0.15, -0.1) is 0 Å². The highest BCUT2D eigenvalue weighted by Crippen LogP contribution is 2.20. The predicted octanol–water partition coefficient (Wildman–Crippen LogP) is 3.73. The van der Waals surface area contributed by atoms with Crippen molar-refractivity contribution in [3.8, 4) is 5.69 Å². The molecule has 0 aliphatic heterocycles. The Kier molecular flexibility index (Phi) is 5.87. The summed E-state index contributed by atoms with van der Waals surface area (Å²) < 4.78 is 1.55. The summed E-state index contributed by atoms with van der Waals surface area (Å²) >= 11 is 7.23. The van der Waals surface area contributed by atoms with Gasteiger partial charge in [0.05, 0.1) is 23.7 Å². The number of nitrogens with one attached hydrogen (secondary N) is 2. The Morgan fingerprint density at radius 3 is 2.80 bits per heavy atom. The van der Waals surface area contributed by atoms with E-state index in [2.05, 4.69) is 20.4 Å². The van der Waals surface area contributed by atoms with E-state index in [1.54, 1.807) is 22.9 Å². The summed E-state index contributed by atoms with van der Waals surface area (Å²) in [7, 11) is 0. The summed E-state index contributed by atoms with van der Waals surface area (Å²) in [5.41, 5.74) is 1.81. The first kappa shape index (κ1) is 20.2. The van der Waals surface area contributed by atoms with Crippen LogP contribution in [0.1, 0.15) is 18.5 Å². The van der Waals surface area contributed by atoms with Crippen LogP contribution in [0.3, 0.4) is 0 Å². The van der Waals surface area contributed by atoms with E-state index in [1.165, 1.54) is 6.20 Å². The van der Waals surface area contributed by atoms with Gasteiger partial charge in [-0.2, -0.15) is 5.10 Å². The molecule has 0 aliphatic carbocycles. The third kappa shape index (κ3) is 4.39. The number of carbonyl (C=O) groups is 1. The highest BCUT2D eigenvalue weighted by atomic mass is 35.5. The molecule has 1 atom stereocenters. The van der Waals surface area contributed by atoms with E-state index in [-0.39, 0.29) is 23.3 Å². The van der Waals surface area contributed by atoms with Crippen LogP contribution < -0.4 is 10.9 Å². The maximum atomic E-state index is 12.4. The molecule has 152 valence electrons. The van der Waals surface area contributed by atoms with Crippen molar-refractivity contribution in [1.82, 2.24) is 25.1 Å². The van der Waals surface area contributed by atoms with Crippen molar-refractivity contribution in [2.75, 3.05) is 5.75 Å². The van der Waals surface area contributed by atoms with E-state index < -0.39 is 0 Å². The number of nitrogens with zero attached hydrogens (tertiary/aromatic N) is 3.